The molecule has 21 heavy (non-hydrogen) atoms. The van der Waals surface area contributed by atoms with Crippen LogP contribution in [0.5, 0.6) is 5.75 Å². The van der Waals surface area contributed by atoms with Crippen molar-refractivity contribution in [3.05, 3.63) is 52.5 Å². The predicted octanol–water partition coefficient (Wildman–Crippen LogP) is 5.13. The average Bonchev–Trinajstić information content (AvgIpc) is 2.98. The molecular formula is C16H15ClN2OS. The molecule has 108 valence electrons. The van der Waals surface area contributed by atoms with E-state index in [0.717, 1.165) is 27.2 Å². The van der Waals surface area contributed by atoms with Gasteiger partial charge >= 0.3 is 0 Å². The maximum Gasteiger partial charge on any atom is 0.124 e. The third kappa shape index (κ3) is 2.69. The van der Waals surface area contributed by atoms with E-state index >= 15 is 0 Å². The van der Waals surface area contributed by atoms with Crippen LogP contribution in [0, 0.1) is 0 Å². The number of nitrogens with one attached hydrogen (secondary N) is 1. The van der Waals surface area contributed by atoms with Gasteiger partial charge in [0.15, 0.2) is 0 Å². The normalized spacial score (nSPS) is 12.3. The fourth-order valence-corrected chi connectivity index (χ4v) is 3.25. The molecule has 0 aliphatic heterocycles. The van der Waals surface area contributed by atoms with Crippen molar-refractivity contribution < 1.29 is 4.74 Å². The molecule has 1 heterocycles. The second-order valence-electron chi connectivity index (χ2n) is 4.73. The summed E-state index contributed by atoms with van der Waals surface area (Å²) in [4.78, 5) is 4.41. The number of halogens is 1. The number of benzene rings is 2. The number of thiazole rings is 1. The summed E-state index contributed by atoms with van der Waals surface area (Å²) in [5, 5.41) is 4.14. The van der Waals surface area contributed by atoms with E-state index in [1.807, 2.05) is 41.9 Å². The molecule has 2 aromatic carbocycles. The van der Waals surface area contributed by atoms with Crippen LogP contribution in [0.4, 0.5) is 5.69 Å². The molecule has 0 aliphatic carbocycles. The van der Waals surface area contributed by atoms with Gasteiger partial charge in [0, 0.05) is 5.56 Å². The number of methoxy groups -OCH3 is 1. The van der Waals surface area contributed by atoms with E-state index in [0.29, 0.717) is 5.02 Å². The first-order valence-electron chi connectivity index (χ1n) is 6.62. The number of anilines is 1. The molecular weight excluding hydrogens is 304 g/mol. The van der Waals surface area contributed by atoms with Gasteiger partial charge in [0.1, 0.15) is 11.3 Å². The predicted molar refractivity (Wildman–Crippen MR) is 89.7 cm³/mol. The standard InChI is InChI=1S/C16H15ClN2OS/c1-10(11-5-3-4-6-13(11)20-2)19-15-12(17)7-8-14-16(15)18-9-21-14/h3-10,19H,1-2H3. The quantitative estimate of drug-likeness (QED) is 0.724. The minimum absolute atomic E-state index is 0.0611. The lowest BCUT2D eigenvalue weighted by Gasteiger charge is -2.19. The van der Waals surface area contributed by atoms with Crippen molar-refractivity contribution in [2.24, 2.45) is 0 Å². The lowest BCUT2D eigenvalue weighted by molar-refractivity contribution is 0.408. The van der Waals surface area contributed by atoms with E-state index < -0.39 is 0 Å². The van der Waals surface area contributed by atoms with Crippen LogP contribution in [0.15, 0.2) is 41.9 Å². The summed E-state index contributed by atoms with van der Waals surface area (Å²) >= 11 is 7.94. The largest absolute Gasteiger partial charge is 0.496 e. The summed E-state index contributed by atoms with van der Waals surface area (Å²) in [5.41, 5.74) is 4.70. The van der Waals surface area contributed by atoms with Crippen molar-refractivity contribution >= 4 is 38.8 Å². The van der Waals surface area contributed by atoms with Crippen molar-refractivity contribution in [2.75, 3.05) is 12.4 Å². The lowest BCUT2D eigenvalue weighted by atomic mass is 10.1. The Hall–Kier alpha value is -1.78. The van der Waals surface area contributed by atoms with Gasteiger partial charge in [-0.3, -0.25) is 0 Å². The molecule has 1 N–H and O–H groups in total. The summed E-state index contributed by atoms with van der Waals surface area (Å²) in [6.45, 7) is 2.08. The number of rotatable bonds is 4. The molecule has 3 aromatic rings. The first-order valence-corrected chi connectivity index (χ1v) is 7.87. The third-order valence-corrected chi connectivity index (χ3v) is 4.53. The zero-order chi connectivity index (χ0) is 14.8. The van der Waals surface area contributed by atoms with Crippen LogP contribution >= 0.6 is 22.9 Å². The summed E-state index contributed by atoms with van der Waals surface area (Å²) < 4.78 is 6.54. The van der Waals surface area contributed by atoms with E-state index in [1.165, 1.54) is 0 Å². The number of aromatic nitrogens is 1. The zero-order valence-corrected chi connectivity index (χ0v) is 13.3. The number of fused-ring (bicyclic) bond motifs is 1. The van der Waals surface area contributed by atoms with E-state index in [-0.39, 0.29) is 6.04 Å². The maximum absolute atomic E-state index is 6.34. The minimum atomic E-state index is 0.0611. The molecule has 1 atom stereocenters. The highest BCUT2D eigenvalue weighted by Crippen LogP contribution is 2.36. The summed E-state index contributed by atoms with van der Waals surface area (Å²) in [7, 11) is 1.68. The van der Waals surface area contributed by atoms with Crippen LogP contribution in [-0.2, 0) is 0 Å². The Balaban J connectivity index is 1.98. The van der Waals surface area contributed by atoms with Crippen LogP contribution in [0.2, 0.25) is 5.02 Å². The van der Waals surface area contributed by atoms with Crippen molar-refractivity contribution in [3.63, 3.8) is 0 Å². The Morgan fingerprint density at radius 3 is 2.86 bits per heavy atom. The molecule has 0 aliphatic rings. The Bertz CT molecular complexity index is 772. The third-order valence-electron chi connectivity index (χ3n) is 3.42. The second-order valence-corrected chi connectivity index (χ2v) is 6.02. The molecule has 0 saturated carbocycles. The monoisotopic (exact) mass is 318 g/mol. The van der Waals surface area contributed by atoms with Gasteiger partial charge in [0.05, 0.1) is 34.1 Å². The molecule has 0 saturated heterocycles. The van der Waals surface area contributed by atoms with Crippen molar-refractivity contribution in [2.45, 2.75) is 13.0 Å². The molecule has 5 heteroatoms. The van der Waals surface area contributed by atoms with Crippen LogP contribution in [0.25, 0.3) is 10.2 Å². The van der Waals surface area contributed by atoms with Crippen LogP contribution < -0.4 is 10.1 Å². The zero-order valence-electron chi connectivity index (χ0n) is 11.8. The van der Waals surface area contributed by atoms with Gasteiger partial charge in [-0.25, -0.2) is 4.98 Å². The first kappa shape index (κ1) is 14.2. The van der Waals surface area contributed by atoms with Crippen molar-refractivity contribution in [1.82, 2.24) is 4.98 Å². The Labute approximate surface area is 132 Å². The van der Waals surface area contributed by atoms with Crippen LogP contribution in [-0.4, -0.2) is 12.1 Å². The maximum atomic E-state index is 6.34. The molecule has 0 fully saturated rings. The fourth-order valence-electron chi connectivity index (χ4n) is 2.36. The van der Waals surface area contributed by atoms with Gasteiger partial charge in [0.25, 0.3) is 0 Å². The highest BCUT2D eigenvalue weighted by atomic mass is 35.5. The molecule has 0 radical (unpaired) electrons. The van der Waals surface area contributed by atoms with Crippen molar-refractivity contribution in [1.29, 1.82) is 0 Å². The van der Waals surface area contributed by atoms with Gasteiger partial charge in [-0.15, -0.1) is 11.3 Å². The molecule has 3 rings (SSSR count). The number of ether oxygens (including phenoxy) is 1. The molecule has 1 unspecified atom stereocenters. The second kappa shape index (κ2) is 5.92. The topological polar surface area (TPSA) is 34.1 Å². The fraction of sp³-hybridized carbons (Fsp3) is 0.188. The van der Waals surface area contributed by atoms with Crippen LogP contribution in [0.1, 0.15) is 18.5 Å². The minimum Gasteiger partial charge on any atom is -0.496 e. The highest BCUT2D eigenvalue weighted by Gasteiger charge is 2.15. The summed E-state index contributed by atoms with van der Waals surface area (Å²) in [5.74, 6) is 0.860. The molecule has 1 aromatic heterocycles. The number of hydrogen-bond donors (Lipinski definition) is 1. The van der Waals surface area contributed by atoms with E-state index in [2.05, 4.69) is 17.2 Å². The first-order chi connectivity index (χ1) is 10.2. The van der Waals surface area contributed by atoms with E-state index in [1.54, 1.807) is 18.4 Å². The molecule has 0 spiro atoms. The van der Waals surface area contributed by atoms with Gasteiger partial charge in [-0.2, -0.15) is 0 Å². The number of hydrogen-bond acceptors (Lipinski definition) is 4. The van der Waals surface area contributed by atoms with E-state index in [9.17, 15) is 0 Å². The lowest BCUT2D eigenvalue weighted by Crippen LogP contribution is -2.09. The van der Waals surface area contributed by atoms with Gasteiger partial charge in [-0.1, -0.05) is 29.8 Å². The number of para-hydroxylation sites is 1. The molecule has 3 nitrogen and oxygen atoms in total. The average molecular weight is 319 g/mol. The van der Waals surface area contributed by atoms with E-state index in [4.69, 9.17) is 16.3 Å². The Morgan fingerprint density at radius 2 is 2.05 bits per heavy atom. The molecule has 0 bridgehead atoms. The van der Waals surface area contributed by atoms with Gasteiger partial charge < -0.3 is 10.1 Å². The summed E-state index contributed by atoms with van der Waals surface area (Å²) in [6.07, 6.45) is 0. The summed E-state index contributed by atoms with van der Waals surface area (Å²) in [6, 6.07) is 11.9. The van der Waals surface area contributed by atoms with Gasteiger partial charge in [-0.05, 0) is 25.1 Å². The van der Waals surface area contributed by atoms with Crippen LogP contribution in [0.3, 0.4) is 0 Å². The highest BCUT2D eigenvalue weighted by molar-refractivity contribution is 7.16. The van der Waals surface area contributed by atoms with Crippen molar-refractivity contribution in [3.8, 4) is 5.75 Å². The smallest absolute Gasteiger partial charge is 0.124 e. The SMILES string of the molecule is COc1ccccc1C(C)Nc1c(Cl)ccc2scnc12. The Kier molecular flexibility index (Phi) is 3.99. The molecule has 0 amide bonds. The number of nitrogens with zero attached hydrogens (tertiary/aromatic N) is 1. The van der Waals surface area contributed by atoms with Gasteiger partial charge in [0.2, 0.25) is 0 Å². The Morgan fingerprint density at radius 1 is 1.24 bits per heavy atom.